The lowest BCUT2D eigenvalue weighted by atomic mass is 10.0. The van der Waals surface area contributed by atoms with Crippen LogP contribution in [0, 0.1) is 0 Å². The van der Waals surface area contributed by atoms with Crippen LogP contribution in [0.1, 0.15) is 58.1 Å². The van der Waals surface area contributed by atoms with Crippen LogP contribution in [0.3, 0.4) is 0 Å². The summed E-state index contributed by atoms with van der Waals surface area (Å²) in [7, 11) is 0. The first-order valence-corrected chi connectivity index (χ1v) is 11.7. The van der Waals surface area contributed by atoms with Crippen molar-refractivity contribution in [2.45, 2.75) is 64.6 Å². The minimum absolute atomic E-state index is 0. The van der Waals surface area contributed by atoms with Crippen molar-refractivity contribution in [3.63, 3.8) is 0 Å². The van der Waals surface area contributed by atoms with Crippen LogP contribution in [-0.2, 0) is 0 Å². The van der Waals surface area contributed by atoms with Gasteiger partial charge in [-0.2, -0.15) is 0 Å². The Hall–Kier alpha value is -0.570. The van der Waals surface area contributed by atoms with Gasteiger partial charge >= 0.3 is 0 Å². The number of piperidine rings is 1. The van der Waals surface area contributed by atoms with Gasteiger partial charge in [-0.15, -0.1) is 24.0 Å². The Morgan fingerprint density at radius 1 is 1.13 bits per heavy atom. The molecule has 30 heavy (non-hydrogen) atoms. The molecule has 0 spiro atoms. The van der Waals surface area contributed by atoms with E-state index in [2.05, 4.69) is 59.4 Å². The Kier molecular flexibility index (Phi) is 11.2. The lowest BCUT2D eigenvalue weighted by Crippen LogP contribution is -2.50. The molecule has 3 rings (SSSR count). The molecule has 0 radical (unpaired) electrons. The minimum atomic E-state index is 0. The molecule has 0 saturated carbocycles. The fourth-order valence-electron chi connectivity index (χ4n) is 4.45. The number of hydrogen-bond donors (Lipinski definition) is 2. The van der Waals surface area contributed by atoms with Crippen LogP contribution in [0.4, 0.5) is 0 Å². The van der Waals surface area contributed by atoms with Crippen molar-refractivity contribution in [1.82, 2.24) is 20.4 Å². The molecule has 0 bridgehead atoms. The smallest absolute Gasteiger partial charge is 0.191 e. The van der Waals surface area contributed by atoms with Crippen molar-refractivity contribution in [2.24, 2.45) is 4.99 Å². The van der Waals surface area contributed by atoms with Crippen LogP contribution in [0.25, 0.3) is 0 Å². The summed E-state index contributed by atoms with van der Waals surface area (Å²) in [5.41, 5.74) is 1.27. The molecule has 7 heteroatoms. The van der Waals surface area contributed by atoms with Gasteiger partial charge in [0.2, 0.25) is 0 Å². The van der Waals surface area contributed by atoms with Crippen LogP contribution in [-0.4, -0.2) is 67.1 Å². The molecule has 0 amide bonds. The van der Waals surface area contributed by atoms with E-state index in [0.717, 1.165) is 50.3 Å². The fraction of sp³-hybridized carbons (Fsp3) is 0.696. The van der Waals surface area contributed by atoms with Crippen molar-refractivity contribution < 1.29 is 0 Å². The third-order valence-electron chi connectivity index (χ3n) is 6.18. The molecule has 1 atom stereocenters. The van der Waals surface area contributed by atoms with Gasteiger partial charge in [-0.25, -0.2) is 0 Å². The zero-order valence-corrected chi connectivity index (χ0v) is 21.8. The first kappa shape index (κ1) is 25.7. The van der Waals surface area contributed by atoms with E-state index >= 15 is 0 Å². The van der Waals surface area contributed by atoms with E-state index in [-0.39, 0.29) is 30.0 Å². The van der Waals surface area contributed by atoms with E-state index in [0.29, 0.717) is 12.1 Å². The van der Waals surface area contributed by atoms with Gasteiger partial charge in [0.1, 0.15) is 0 Å². The first-order chi connectivity index (χ1) is 14.1. The molecule has 2 fully saturated rings. The number of nitrogens with zero attached hydrogens (tertiary/aromatic N) is 3. The zero-order valence-electron chi connectivity index (χ0n) is 18.7. The van der Waals surface area contributed by atoms with E-state index in [4.69, 9.17) is 16.6 Å². The Labute approximate surface area is 205 Å². The normalized spacial score (nSPS) is 20.2. The summed E-state index contributed by atoms with van der Waals surface area (Å²) in [5.74, 6) is 0.946. The van der Waals surface area contributed by atoms with Crippen LogP contribution in [0.5, 0.6) is 0 Å². The average molecular weight is 548 g/mol. The van der Waals surface area contributed by atoms with E-state index in [1.165, 1.54) is 31.2 Å². The second-order valence-corrected chi connectivity index (χ2v) is 9.02. The van der Waals surface area contributed by atoms with Crippen molar-refractivity contribution in [1.29, 1.82) is 0 Å². The number of benzene rings is 1. The largest absolute Gasteiger partial charge is 0.357 e. The molecule has 2 saturated heterocycles. The number of aliphatic imine (C=N–C) groups is 1. The van der Waals surface area contributed by atoms with E-state index < -0.39 is 0 Å². The number of hydrogen-bond acceptors (Lipinski definition) is 3. The number of nitrogens with one attached hydrogen (secondary N) is 2. The maximum Gasteiger partial charge on any atom is 0.191 e. The highest BCUT2D eigenvalue weighted by Gasteiger charge is 2.25. The maximum atomic E-state index is 6.29. The summed E-state index contributed by atoms with van der Waals surface area (Å²) in [6, 6.07) is 9.71. The molecule has 5 nitrogen and oxygen atoms in total. The molecule has 1 unspecified atom stereocenters. The van der Waals surface area contributed by atoms with Crippen molar-refractivity contribution in [3.8, 4) is 0 Å². The lowest BCUT2D eigenvalue weighted by molar-refractivity contribution is 0.167. The molecular formula is C23H39ClIN5. The summed E-state index contributed by atoms with van der Waals surface area (Å²) in [6.45, 7) is 12.9. The van der Waals surface area contributed by atoms with Crippen LogP contribution >= 0.6 is 35.6 Å². The summed E-state index contributed by atoms with van der Waals surface area (Å²) in [6.07, 6.45) is 4.89. The third kappa shape index (κ3) is 7.53. The Morgan fingerprint density at radius 3 is 2.43 bits per heavy atom. The number of guanidine groups is 1. The molecule has 2 aliphatic rings. The van der Waals surface area contributed by atoms with Gasteiger partial charge in [-0.1, -0.05) is 23.7 Å². The Morgan fingerprint density at radius 2 is 1.83 bits per heavy atom. The molecule has 170 valence electrons. The predicted molar refractivity (Wildman–Crippen MR) is 139 cm³/mol. The number of halogens is 2. The monoisotopic (exact) mass is 547 g/mol. The average Bonchev–Trinajstić information content (AvgIpc) is 3.23. The van der Waals surface area contributed by atoms with E-state index in [1.807, 2.05) is 6.07 Å². The van der Waals surface area contributed by atoms with Crippen LogP contribution in [0.15, 0.2) is 29.3 Å². The fourth-order valence-corrected chi connectivity index (χ4v) is 4.65. The predicted octanol–water partition coefficient (Wildman–Crippen LogP) is 4.52. The van der Waals surface area contributed by atoms with Crippen molar-refractivity contribution in [3.05, 3.63) is 34.9 Å². The second-order valence-electron chi connectivity index (χ2n) is 8.58. The molecule has 2 N–H and O–H groups in total. The molecule has 0 aromatic heterocycles. The van der Waals surface area contributed by atoms with Gasteiger partial charge in [0.05, 0.1) is 12.6 Å². The number of likely N-dealkylation sites (tertiary alicyclic amines) is 2. The molecule has 1 aromatic rings. The quantitative estimate of drug-likeness (QED) is 0.299. The molecule has 1 aromatic carbocycles. The van der Waals surface area contributed by atoms with Gasteiger partial charge in [-0.3, -0.25) is 9.89 Å². The summed E-state index contributed by atoms with van der Waals surface area (Å²) in [4.78, 5) is 10.1. The standard InChI is InChI=1S/C23H38ClN5.HI/c1-4-25-23(27-21-10-14-28(15-11-21)18(2)3)26-17-22(29-12-5-6-13-29)19-8-7-9-20(24)16-19;/h7-9,16,18,21-22H,4-6,10-15,17H2,1-3H3,(H2,25,26,27);1H. The van der Waals surface area contributed by atoms with Crippen molar-refractivity contribution in [2.75, 3.05) is 39.3 Å². The third-order valence-corrected chi connectivity index (χ3v) is 6.42. The zero-order chi connectivity index (χ0) is 20.6. The van der Waals surface area contributed by atoms with Gasteiger partial charge in [0, 0.05) is 36.7 Å². The SMILES string of the molecule is CCNC(=NCC(c1cccc(Cl)c1)N1CCCC1)NC1CCN(C(C)C)CC1.I. The molecule has 2 heterocycles. The summed E-state index contributed by atoms with van der Waals surface area (Å²) in [5, 5.41) is 7.95. The summed E-state index contributed by atoms with van der Waals surface area (Å²) >= 11 is 6.29. The topological polar surface area (TPSA) is 42.9 Å². The highest BCUT2D eigenvalue weighted by molar-refractivity contribution is 14.0. The van der Waals surface area contributed by atoms with Gasteiger partial charge in [0.15, 0.2) is 5.96 Å². The minimum Gasteiger partial charge on any atom is -0.357 e. The molecule has 2 aliphatic heterocycles. The Bertz CT molecular complexity index is 655. The first-order valence-electron chi connectivity index (χ1n) is 11.3. The molecule has 0 aliphatic carbocycles. The maximum absolute atomic E-state index is 6.29. The van der Waals surface area contributed by atoms with Gasteiger partial charge in [-0.05, 0) is 77.2 Å². The number of rotatable bonds is 7. The Balaban J connectivity index is 0.00000320. The summed E-state index contributed by atoms with van der Waals surface area (Å²) < 4.78 is 0. The van der Waals surface area contributed by atoms with Gasteiger partial charge < -0.3 is 15.5 Å². The van der Waals surface area contributed by atoms with Crippen LogP contribution in [0.2, 0.25) is 5.02 Å². The van der Waals surface area contributed by atoms with Crippen molar-refractivity contribution >= 4 is 41.5 Å². The van der Waals surface area contributed by atoms with E-state index in [1.54, 1.807) is 0 Å². The van der Waals surface area contributed by atoms with E-state index in [9.17, 15) is 0 Å². The highest BCUT2D eigenvalue weighted by atomic mass is 127. The van der Waals surface area contributed by atoms with Crippen LogP contribution < -0.4 is 10.6 Å². The van der Waals surface area contributed by atoms with Gasteiger partial charge in [0.25, 0.3) is 0 Å². The highest BCUT2D eigenvalue weighted by Crippen LogP contribution is 2.27. The molecular weight excluding hydrogens is 509 g/mol. The lowest BCUT2D eigenvalue weighted by Gasteiger charge is -2.35. The second kappa shape index (κ2) is 13.1.